The Morgan fingerprint density at radius 1 is 0.714 bits per heavy atom. The predicted octanol–water partition coefficient (Wildman–Crippen LogP) is 6.27. The fourth-order valence-corrected chi connectivity index (χ4v) is 3.44. The summed E-state index contributed by atoms with van der Waals surface area (Å²) in [5.74, 6) is 3.06. The molecule has 0 saturated carbocycles. The summed E-state index contributed by atoms with van der Waals surface area (Å²) >= 11 is 0. The molecule has 2 aromatic carbocycles. The van der Waals surface area contributed by atoms with Crippen LogP contribution >= 0.6 is 0 Å². The van der Waals surface area contributed by atoms with E-state index in [4.69, 9.17) is 18.6 Å². The molecule has 0 atom stereocenters. The van der Waals surface area contributed by atoms with E-state index in [0.717, 1.165) is 34.1 Å². The lowest BCUT2D eigenvalue weighted by molar-refractivity contribution is 0.386. The van der Waals surface area contributed by atoms with Gasteiger partial charge in [0.2, 0.25) is 0 Å². The zero-order chi connectivity index (χ0) is 20.9. The first-order chi connectivity index (χ1) is 13.1. The van der Waals surface area contributed by atoms with Crippen LogP contribution in [-0.2, 0) is 0 Å². The van der Waals surface area contributed by atoms with E-state index < -0.39 is 8.32 Å². The second kappa shape index (κ2) is 8.74. The van der Waals surface area contributed by atoms with E-state index in [1.54, 1.807) is 21.3 Å². The van der Waals surface area contributed by atoms with Gasteiger partial charge in [0.1, 0.15) is 17.2 Å². The number of hydrogen-bond donors (Lipinski definition) is 0. The second-order valence-electron chi connectivity index (χ2n) is 8.25. The van der Waals surface area contributed by atoms with Crippen molar-refractivity contribution in [3.05, 3.63) is 47.5 Å². The molecule has 4 nitrogen and oxygen atoms in total. The Morgan fingerprint density at radius 2 is 1.29 bits per heavy atom. The minimum absolute atomic E-state index is 0.127. The predicted molar refractivity (Wildman–Crippen MR) is 119 cm³/mol. The molecule has 152 valence electrons. The summed E-state index contributed by atoms with van der Waals surface area (Å²) in [6, 6.07) is 11.8. The third-order valence-corrected chi connectivity index (χ3v) is 9.54. The van der Waals surface area contributed by atoms with Gasteiger partial charge in [-0.25, -0.2) is 0 Å². The lowest BCUT2D eigenvalue weighted by atomic mass is 10.1. The van der Waals surface area contributed by atoms with Gasteiger partial charge in [-0.1, -0.05) is 39.0 Å². The summed E-state index contributed by atoms with van der Waals surface area (Å²) < 4.78 is 22.7. The van der Waals surface area contributed by atoms with Crippen LogP contribution in [-0.4, -0.2) is 29.6 Å². The number of rotatable bonds is 7. The summed E-state index contributed by atoms with van der Waals surface area (Å²) in [6.07, 6.45) is 4.06. The van der Waals surface area contributed by atoms with Gasteiger partial charge in [-0.05, 0) is 53.5 Å². The Hall–Kier alpha value is -2.40. The van der Waals surface area contributed by atoms with E-state index in [9.17, 15) is 0 Å². The van der Waals surface area contributed by atoms with E-state index in [1.165, 1.54) is 0 Å². The maximum Gasteiger partial charge on any atom is 0.250 e. The minimum atomic E-state index is -1.93. The van der Waals surface area contributed by atoms with Crippen LogP contribution in [0.15, 0.2) is 36.4 Å². The molecule has 0 spiro atoms. The highest BCUT2D eigenvalue weighted by molar-refractivity contribution is 6.74. The van der Waals surface area contributed by atoms with Gasteiger partial charge in [0.25, 0.3) is 8.32 Å². The SMILES string of the molecule is COc1cc(/C=C\c2ccc(O[Si](C)(C)C(C)(C)C)c(OC)c2)cc(OC)c1. The Morgan fingerprint density at radius 3 is 1.79 bits per heavy atom. The van der Waals surface area contributed by atoms with Gasteiger partial charge >= 0.3 is 0 Å². The van der Waals surface area contributed by atoms with Crippen LogP contribution in [0.5, 0.6) is 23.0 Å². The van der Waals surface area contributed by atoms with Gasteiger partial charge < -0.3 is 18.6 Å². The van der Waals surface area contributed by atoms with Crippen molar-refractivity contribution in [2.75, 3.05) is 21.3 Å². The first-order valence-electron chi connectivity index (χ1n) is 9.38. The van der Waals surface area contributed by atoms with Gasteiger partial charge in [0.05, 0.1) is 21.3 Å². The number of benzene rings is 2. The minimum Gasteiger partial charge on any atom is -0.541 e. The van der Waals surface area contributed by atoms with Crippen molar-refractivity contribution >= 4 is 20.5 Å². The third kappa shape index (κ3) is 5.32. The van der Waals surface area contributed by atoms with Crippen LogP contribution in [0.1, 0.15) is 31.9 Å². The standard InChI is InChI=1S/C23H32O4Si/c1-23(2,3)28(7,8)27-21-12-11-17(15-22(21)26-6)9-10-18-13-19(24-4)16-20(14-18)25-5/h9-16H,1-8H3/b10-9-. The molecule has 0 unspecified atom stereocenters. The fourth-order valence-electron chi connectivity index (χ4n) is 2.42. The molecule has 0 heterocycles. The molecule has 5 heteroatoms. The smallest absolute Gasteiger partial charge is 0.250 e. The van der Waals surface area contributed by atoms with Crippen molar-refractivity contribution in [2.24, 2.45) is 0 Å². The van der Waals surface area contributed by atoms with Crippen LogP contribution in [0.2, 0.25) is 18.1 Å². The molecular weight excluding hydrogens is 368 g/mol. The summed E-state index contributed by atoms with van der Waals surface area (Å²) in [7, 11) is 3.04. The molecule has 0 aromatic heterocycles. The zero-order valence-electron chi connectivity index (χ0n) is 18.3. The Balaban J connectivity index is 2.28. The highest BCUT2D eigenvalue weighted by Gasteiger charge is 2.39. The Bertz CT molecular complexity index is 813. The lowest BCUT2D eigenvalue weighted by Gasteiger charge is -2.36. The van der Waals surface area contributed by atoms with Crippen molar-refractivity contribution in [3.63, 3.8) is 0 Å². The van der Waals surface area contributed by atoms with Gasteiger partial charge in [0.15, 0.2) is 5.75 Å². The maximum absolute atomic E-state index is 6.42. The van der Waals surface area contributed by atoms with Crippen molar-refractivity contribution in [2.45, 2.75) is 38.9 Å². The van der Waals surface area contributed by atoms with Crippen LogP contribution in [0.3, 0.4) is 0 Å². The average molecular weight is 401 g/mol. The fraction of sp³-hybridized carbons (Fsp3) is 0.391. The molecule has 0 aliphatic carbocycles. The van der Waals surface area contributed by atoms with Crippen LogP contribution in [0.25, 0.3) is 12.2 Å². The van der Waals surface area contributed by atoms with Crippen molar-refractivity contribution < 1.29 is 18.6 Å². The Kier molecular flexibility index (Phi) is 6.83. The van der Waals surface area contributed by atoms with Crippen LogP contribution < -0.4 is 18.6 Å². The first kappa shape index (κ1) is 21.9. The topological polar surface area (TPSA) is 36.9 Å². The molecule has 0 aliphatic heterocycles. The van der Waals surface area contributed by atoms with E-state index in [-0.39, 0.29) is 5.04 Å². The number of methoxy groups -OCH3 is 3. The number of hydrogen-bond acceptors (Lipinski definition) is 4. The lowest BCUT2D eigenvalue weighted by Crippen LogP contribution is -2.43. The van der Waals surface area contributed by atoms with Crippen LogP contribution in [0.4, 0.5) is 0 Å². The molecule has 2 aromatic rings. The normalized spacial score (nSPS) is 12.1. The summed E-state index contributed by atoms with van der Waals surface area (Å²) in [5, 5.41) is 0.127. The summed E-state index contributed by atoms with van der Waals surface area (Å²) in [6.45, 7) is 11.1. The quantitative estimate of drug-likeness (QED) is 0.406. The van der Waals surface area contributed by atoms with Gasteiger partial charge in [-0.2, -0.15) is 0 Å². The summed E-state index contributed by atoms with van der Waals surface area (Å²) in [4.78, 5) is 0. The molecule has 0 saturated heterocycles. The van der Waals surface area contributed by atoms with Gasteiger partial charge in [-0.15, -0.1) is 0 Å². The van der Waals surface area contributed by atoms with Gasteiger partial charge in [-0.3, -0.25) is 0 Å². The largest absolute Gasteiger partial charge is 0.541 e. The van der Waals surface area contributed by atoms with E-state index in [0.29, 0.717) is 0 Å². The zero-order valence-corrected chi connectivity index (χ0v) is 19.3. The van der Waals surface area contributed by atoms with Crippen molar-refractivity contribution in [1.29, 1.82) is 0 Å². The summed E-state index contributed by atoms with van der Waals surface area (Å²) in [5.41, 5.74) is 2.03. The molecule has 28 heavy (non-hydrogen) atoms. The molecule has 0 radical (unpaired) electrons. The first-order valence-corrected chi connectivity index (χ1v) is 12.3. The average Bonchev–Trinajstić information content (AvgIpc) is 2.65. The molecule has 0 amide bonds. The molecule has 0 N–H and O–H groups in total. The molecular formula is C23H32O4Si. The van der Waals surface area contributed by atoms with E-state index in [2.05, 4.69) is 33.9 Å². The van der Waals surface area contributed by atoms with Crippen LogP contribution in [0, 0.1) is 0 Å². The molecule has 0 bridgehead atoms. The van der Waals surface area contributed by atoms with E-state index in [1.807, 2.05) is 48.6 Å². The molecule has 0 aliphatic rings. The molecule has 0 fully saturated rings. The highest BCUT2D eigenvalue weighted by atomic mass is 28.4. The second-order valence-corrected chi connectivity index (χ2v) is 13.0. The highest BCUT2D eigenvalue weighted by Crippen LogP contribution is 2.40. The van der Waals surface area contributed by atoms with Gasteiger partial charge in [0, 0.05) is 6.07 Å². The maximum atomic E-state index is 6.42. The van der Waals surface area contributed by atoms with Crippen molar-refractivity contribution in [3.8, 4) is 23.0 Å². The Labute approximate surface area is 170 Å². The van der Waals surface area contributed by atoms with Crippen molar-refractivity contribution in [1.82, 2.24) is 0 Å². The third-order valence-electron chi connectivity index (χ3n) is 5.20. The monoisotopic (exact) mass is 400 g/mol. The number of ether oxygens (including phenoxy) is 3. The molecule has 2 rings (SSSR count). The van der Waals surface area contributed by atoms with E-state index >= 15 is 0 Å².